The van der Waals surface area contributed by atoms with E-state index < -0.39 is 0 Å². The zero-order chi connectivity index (χ0) is 10.1. The van der Waals surface area contributed by atoms with Crippen molar-refractivity contribution in [3.8, 4) is 17.1 Å². The van der Waals surface area contributed by atoms with Crippen molar-refractivity contribution in [3.63, 3.8) is 0 Å². The van der Waals surface area contributed by atoms with Gasteiger partial charge in [-0.1, -0.05) is 0 Å². The van der Waals surface area contributed by atoms with E-state index in [9.17, 15) is 0 Å². The van der Waals surface area contributed by atoms with Crippen molar-refractivity contribution >= 4 is 0 Å². The molecule has 0 aliphatic heterocycles. The number of nitrogens with one attached hydrogen (secondary N) is 2. The fraction of sp³-hybridized carbons (Fsp3) is 0. The second kappa shape index (κ2) is 3.09. The predicted octanol–water partition coefficient (Wildman–Crippen LogP) is 0.985. The molecule has 0 radical (unpaired) electrons. The lowest BCUT2D eigenvalue weighted by Gasteiger charge is -1.99. The van der Waals surface area contributed by atoms with Crippen molar-refractivity contribution in [2.75, 3.05) is 0 Å². The molecule has 2 N–H and O–H groups in total. The van der Waals surface area contributed by atoms with E-state index in [-0.39, 0.29) is 0 Å². The third-order valence-corrected chi connectivity index (χ3v) is 2.14. The summed E-state index contributed by atoms with van der Waals surface area (Å²) in [5, 5.41) is 17.8. The Morgan fingerprint density at radius 2 is 2.13 bits per heavy atom. The molecule has 6 heteroatoms. The van der Waals surface area contributed by atoms with Gasteiger partial charge in [0.25, 0.3) is 0 Å². The Hall–Kier alpha value is -2.37. The van der Waals surface area contributed by atoms with Crippen molar-refractivity contribution in [2.45, 2.75) is 0 Å². The summed E-state index contributed by atoms with van der Waals surface area (Å²) in [5.41, 5.74) is 2.65. The highest BCUT2D eigenvalue weighted by atomic mass is 15.3. The van der Waals surface area contributed by atoms with Crippen LogP contribution < -0.4 is 0 Å². The maximum Gasteiger partial charge on any atom is 0.112 e. The van der Waals surface area contributed by atoms with Gasteiger partial charge in [0.15, 0.2) is 0 Å². The Bertz CT molecular complexity index is 484. The molecule has 0 aromatic carbocycles. The first-order chi connectivity index (χ1) is 7.45. The van der Waals surface area contributed by atoms with Crippen molar-refractivity contribution in [3.05, 3.63) is 36.9 Å². The zero-order valence-electron chi connectivity index (χ0n) is 7.75. The molecule has 3 aromatic heterocycles. The fourth-order valence-electron chi connectivity index (χ4n) is 1.46. The van der Waals surface area contributed by atoms with Gasteiger partial charge in [-0.05, 0) is 12.1 Å². The summed E-state index contributed by atoms with van der Waals surface area (Å²) in [7, 11) is 0. The van der Waals surface area contributed by atoms with E-state index in [1.165, 1.54) is 0 Å². The molecule has 0 bridgehead atoms. The SMILES string of the molecule is c1cnn(-c2cn[nH]c2-c2ccn[nH]2)c1. The van der Waals surface area contributed by atoms with Gasteiger partial charge in [0.2, 0.25) is 0 Å². The molecule has 0 aliphatic rings. The number of rotatable bonds is 2. The van der Waals surface area contributed by atoms with Gasteiger partial charge in [-0.2, -0.15) is 15.3 Å². The molecule has 0 atom stereocenters. The van der Waals surface area contributed by atoms with Crippen molar-refractivity contribution < 1.29 is 0 Å². The predicted molar refractivity (Wildman–Crippen MR) is 53.3 cm³/mol. The molecule has 74 valence electrons. The summed E-state index contributed by atoms with van der Waals surface area (Å²) in [6, 6.07) is 3.74. The van der Waals surface area contributed by atoms with Gasteiger partial charge >= 0.3 is 0 Å². The summed E-state index contributed by atoms with van der Waals surface area (Å²) in [5.74, 6) is 0. The van der Waals surface area contributed by atoms with Gasteiger partial charge in [-0.3, -0.25) is 10.2 Å². The van der Waals surface area contributed by atoms with Crippen molar-refractivity contribution in [2.24, 2.45) is 0 Å². The van der Waals surface area contributed by atoms with Crippen LogP contribution in [0.3, 0.4) is 0 Å². The number of aromatic amines is 2. The third-order valence-electron chi connectivity index (χ3n) is 2.14. The van der Waals surface area contributed by atoms with Gasteiger partial charge in [0.05, 0.1) is 11.9 Å². The summed E-state index contributed by atoms with van der Waals surface area (Å²) >= 11 is 0. The number of nitrogens with zero attached hydrogens (tertiary/aromatic N) is 4. The zero-order valence-corrected chi connectivity index (χ0v) is 7.75. The monoisotopic (exact) mass is 200 g/mol. The minimum Gasteiger partial charge on any atom is -0.276 e. The molecule has 0 aliphatic carbocycles. The van der Waals surface area contributed by atoms with Gasteiger partial charge in [0, 0.05) is 18.6 Å². The fourth-order valence-corrected chi connectivity index (χ4v) is 1.46. The Kier molecular flexibility index (Phi) is 1.64. The molecule has 0 fully saturated rings. The van der Waals surface area contributed by atoms with Crippen LogP contribution in [0.2, 0.25) is 0 Å². The lowest BCUT2D eigenvalue weighted by atomic mass is 10.3. The minimum absolute atomic E-state index is 0.871. The van der Waals surface area contributed by atoms with Crippen LogP contribution in [0.15, 0.2) is 36.9 Å². The second-order valence-corrected chi connectivity index (χ2v) is 3.05. The van der Waals surface area contributed by atoms with E-state index in [1.807, 2.05) is 18.3 Å². The summed E-state index contributed by atoms with van der Waals surface area (Å²) < 4.78 is 1.75. The van der Waals surface area contributed by atoms with Crippen LogP contribution in [0.4, 0.5) is 0 Å². The molecule has 3 rings (SSSR count). The highest BCUT2D eigenvalue weighted by Crippen LogP contribution is 2.20. The van der Waals surface area contributed by atoms with Crippen LogP contribution in [0.1, 0.15) is 0 Å². The molecule has 3 heterocycles. The molecule has 0 saturated heterocycles. The first kappa shape index (κ1) is 7.98. The summed E-state index contributed by atoms with van der Waals surface area (Å²) in [4.78, 5) is 0. The molecular formula is C9H8N6. The number of H-pyrrole nitrogens is 2. The van der Waals surface area contributed by atoms with E-state index in [0.29, 0.717) is 0 Å². The van der Waals surface area contributed by atoms with Gasteiger partial charge in [0.1, 0.15) is 11.4 Å². The number of hydrogen-bond acceptors (Lipinski definition) is 3. The second-order valence-electron chi connectivity index (χ2n) is 3.05. The number of hydrogen-bond donors (Lipinski definition) is 2. The van der Waals surface area contributed by atoms with Crippen LogP contribution in [0.25, 0.3) is 17.1 Å². The van der Waals surface area contributed by atoms with Crippen LogP contribution in [0, 0.1) is 0 Å². The van der Waals surface area contributed by atoms with Crippen LogP contribution in [-0.2, 0) is 0 Å². The highest BCUT2D eigenvalue weighted by molar-refractivity contribution is 5.64. The Morgan fingerprint density at radius 1 is 1.13 bits per heavy atom. The maximum atomic E-state index is 4.15. The largest absolute Gasteiger partial charge is 0.276 e. The lowest BCUT2D eigenvalue weighted by molar-refractivity contribution is 0.882. The minimum atomic E-state index is 0.871. The van der Waals surface area contributed by atoms with Crippen molar-refractivity contribution in [1.82, 2.24) is 30.2 Å². The van der Waals surface area contributed by atoms with Gasteiger partial charge in [-0.25, -0.2) is 4.68 Å². The van der Waals surface area contributed by atoms with Crippen molar-refractivity contribution in [1.29, 1.82) is 0 Å². The van der Waals surface area contributed by atoms with E-state index in [2.05, 4.69) is 25.5 Å². The summed E-state index contributed by atoms with van der Waals surface area (Å²) in [6.07, 6.45) is 7.01. The first-order valence-corrected chi connectivity index (χ1v) is 4.48. The Morgan fingerprint density at radius 3 is 2.87 bits per heavy atom. The van der Waals surface area contributed by atoms with E-state index >= 15 is 0 Å². The maximum absolute atomic E-state index is 4.15. The normalized spacial score (nSPS) is 10.7. The molecule has 6 nitrogen and oxygen atoms in total. The lowest BCUT2D eigenvalue weighted by Crippen LogP contribution is -1.94. The molecule has 0 saturated carbocycles. The quantitative estimate of drug-likeness (QED) is 0.647. The average Bonchev–Trinajstić information content (AvgIpc) is 3.01. The van der Waals surface area contributed by atoms with Crippen LogP contribution in [0.5, 0.6) is 0 Å². The van der Waals surface area contributed by atoms with E-state index in [0.717, 1.165) is 17.1 Å². The van der Waals surface area contributed by atoms with Crippen LogP contribution >= 0.6 is 0 Å². The highest BCUT2D eigenvalue weighted by Gasteiger charge is 2.10. The van der Waals surface area contributed by atoms with E-state index in [4.69, 9.17) is 0 Å². The molecule has 0 unspecified atom stereocenters. The summed E-state index contributed by atoms with van der Waals surface area (Å²) in [6.45, 7) is 0. The molecule has 3 aromatic rings. The molecule has 15 heavy (non-hydrogen) atoms. The third kappa shape index (κ3) is 1.23. The van der Waals surface area contributed by atoms with Gasteiger partial charge in [-0.15, -0.1) is 0 Å². The topological polar surface area (TPSA) is 75.2 Å². The van der Waals surface area contributed by atoms with Gasteiger partial charge < -0.3 is 0 Å². The van der Waals surface area contributed by atoms with E-state index in [1.54, 1.807) is 23.3 Å². The molecule has 0 spiro atoms. The standard InChI is InChI=1S/C9H8N6/c1-3-12-15(5-1)8-6-11-14-9(8)7-2-4-10-13-7/h1-6H,(H,10,13)(H,11,14). The molecule has 0 amide bonds. The average molecular weight is 200 g/mol. The van der Waals surface area contributed by atoms with Crippen LogP contribution in [-0.4, -0.2) is 30.2 Å². The number of aromatic nitrogens is 6. The first-order valence-electron chi connectivity index (χ1n) is 4.48. The molecular weight excluding hydrogens is 192 g/mol. The Balaban J connectivity index is 2.15. The Labute approximate surface area is 84.9 Å². The smallest absolute Gasteiger partial charge is 0.112 e.